The first-order valence-electron chi connectivity index (χ1n) is 7.66. The molecule has 0 aliphatic heterocycles. The molecule has 1 amide bonds. The molecule has 0 radical (unpaired) electrons. The van der Waals surface area contributed by atoms with Gasteiger partial charge in [-0.05, 0) is 41.0 Å². The summed E-state index contributed by atoms with van der Waals surface area (Å²) in [4.78, 5) is 12.6. The molecule has 0 saturated heterocycles. The number of methoxy groups -OCH3 is 1. The van der Waals surface area contributed by atoms with Crippen molar-refractivity contribution in [1.29, 1.82) is 0 Å². The zero-order valence-electron chi connectivity index (χ0n) is 14.0. The summed E-state index contributed by atoms with van der Waals surface area (Å²) in [6, 6.07) is 7.17. The first kappa shape index (κ1) is 16.9. The number of aryl methyl sites for hydroxylation is 1. The number of carbonyl (C=O) groups excluding carboxylic acids is 1. The lowest BCUT2D eigenvalue weighted by Crippen LogP contribution is -2.36. The number of nitrogens with zero attached hydrogens (tertiary/aromatic N) is 4. The molecule has 1 N–H and O–H groups in total. The Bertz CT molecular complexity index is 653. The number of nitrogens with one attached hydrogen (secondary N) is 1. The van der Waals surface area contributed by atoms with Crippen molar-refractivity contribution in [2.75, 3.05) is 13.7 Å². The monoisotopic (exact) mass is 317 g/mol. The third-order valence-electron chi connectivity index (χ3n) is 3.50. The largest absolute Gasteiger partial charge is 0.497 e. The zero-order chi connectivity index (χ0) is 16.8. The molecule has 124 valence electrons. The predicted molar refractivity (Wildman–Crippen MR) is 86.1 cm³/mol. The van der Waals surface area contributed by atoms with E-state index >= 15 is 0 Å². The summed E-state index contributed by atoms with van der Waals surface area (Å²) in [5, 5.41) is 14.5. The Morgan fingerprint density at radius 2 is 2.17 bits per heavy atom. The van der Waals surface area contributed by atoms with E-state index in [9.17, 15) is 4.79 Å². The van der Waals surface area contributed by atoms with E-state index in [-0.39, 0.29) is 5.91 Å². The molecule has 2 aromatic rings. The van der Waals surface area contributed by atoms with Crippen molar-refractivity contribution in [3.05, 3.63) is 35.7 Å². The molecule has 0 fully saturated rings. The normalized spacial score (nSPS) is 12.2. The highest BCUT2D eigenvalue weighted by atomic mass is 16.5. The number of tetrazole rings is 1. The van der Waals surface area contributed by atoms with Gasteiger partial charge in [0.1, 0.15) is 17.6 Å². The standard InChI is InChI=1S/C16H23N5O2/c1-11(2)10-17-16(22)15(21-12(3)18-19-20-21)9-13-6-5-7-14(8-13)23-4/h5-8,11,15H,9-10H2,1-4H3,(H,17,22). The lowest BCUT2D eigenvalue weighted by Gasteiger charge is -2.18. The summed E-state index contributed by atoms with van der Waals surface area (Å²) in [6.07, 6.45) is 0.493. The topological polar surface area (TPSA) is 81.9 Å². The van der Waals surface area contributed by atoms with Gasteiger partial charge in [0.05, 0.1) is 7.11 Å². The molecule has 1 heterocycles. The van der Waals surface area contributed by atoms with Crippen molar-refractivity contribution in [3.8, 4) is 5.75 Å². The second kappa shape index (κ2) is 7.71. The van der Waals surface area contributed by atoms with Crippen LogP contribution in [0.5, 0.6) is 5.75 Å². The number of amides is 1. The quantitative estimate of drug-likeness (QED) is 0.838. The summed E-state index contributed by atoms with van der Waals surface area (Å²) >= 11 is 0. The Kier molecular flexibility index (Phi) is 5.67. The fraction of sp³-hybridized carbons (Fsp3) is 0.500. The van der Waals surface area contributed by atoms with Gasteiger partial charge in [-0.3, -0.25) is 4.79 Å². The lowest BCUT2D eigenvalue weighted by molar-refractivity contribution is -0.124. The second-order valence-corrected chi connectivity index (χ2v) is 5.88. The molecular weight excluding hydrogens is 294 g/mol. The first-order chi connectivity index (χ1) is 11.0. The Labute approximate surface area is 136 Å². The molecule has 1 atom stereocenters. The van der Waals surface area contributed by atoms with Crippen LogP contribution in [0.4, 0.5) is 0 Å². The SMILES string of the molecule is COc1cccc(CC(C(=O)NCC(C)C)n2nnnc2C)c1. The van der Waals surface area contributed by atoms with Gasteiger partial charge < -0.3 is 10.1 Å². The molecule has 2 rings (SSSR count). The molecule has 0 saturated carbocycles. The Morgan fingerprint density at radius 3 is 2.78 bits per heavy atom. The number of benzene rings is 1. The van der Waals surface area contributed by atoms with E-state index in [1.165, 1.54) is 0 Å². The predicted octanol–water partition coefficient (Wildman–Crippen LogP) is 1.55. The third kappa shape index (κ3) is 4.51. The maximum Gasteiger partial charge on any atom is 0.245 e. The minimum absolute atomic E-state index is 0.0862. The fourth-order valence-electron chi connectivity index (χ4n) is 2.26. The van der Waals surface area contributed by atoms with E-state index in [1.807, 2.05) is 24.3 Å². The van der Waals surface area contributed by atoms with Gasteiger partial charge in [-0.25, -0.2) is 4.68 Å². The van der Waals surface area contributed by atoms with Crippen molar-refractivity contribution >= 4 is 5.91 Å². The molecular formula is C16H23N5O2. The van der Waals surface area contributed by atoms with E-state index in [1.54, 1.807) is 18.7 Å². The Morgan fingerprint density at radius 1 is 1.39 bits per heavy atom. The Balaban J connectivity index is 2.22. The molecule has 1 aromatic carbocycles. The molecule has 0 bridgehead atoms. The average molecular weight is 317 g/mol. The maximum atomic E-state index is 12.6. The van der Waals surface area contributed by atoms with Crippen LogP contribution >= 0.6 is 0 Å². The highest BCUT2D eigenvalue weighted by Gasteiger charge is 2.24. The first-order valence-corrected chi connectivity index (χ1v) is 7.66. The number of hydrogen-bond donors (Lipinski definition) is 1. The van der Waals surface area contributed by atoms with Crippen LogP contribution in [0.15, 0.2) is 24.3 Å². The van der Waals surface area contributed by atoms with Crippen molar-refractivity contribution < 1.29 is 9.53 Å². The molecule has 1 unspecified atom stereocenters. The molecule has 1 aromatic heterocycles. The van der Waals surface area contributed by atoms with Crippen LogP contribution < -0.4 is 10.1 Å². The van der Waals surface area contributed by atoms with Crippen molar-refractivity contribution in [1.82, 2.24) is 25.5 Å². The summed E-state index contributed by atoms with van der Waals surface area (Å²) < 4.78 is 6.81. The summed E-state index contributed by atoms with van der Waals surface area (Å²) in [5.74, 6) is 1.66. The molecule has 23 heavy (non-hydrogen) atoms. The molecule has 0 spiro atoms. The second-order valence-electron chi connectivity index (χ2n) is 5.88. The van der Waals surface area contributed by atoms with Gasteiger partial charge in [-0.1, -0.05) is 26.0 Å². The molecule has 0 aliphatic carbocycles. The highest BCUT2D eigenvalue weighted by Crippen LogP contribution is 2.19. The van der Waals surface area contributed by atoms with Gasteiger partial charge in [0.25, 0.3) is 0 Å². The van der Waals surface area contributed by atoms with Crippen LogP contribution in [0.1, 0.15) is 31.3 Å². The van der Waals surface area contributed by atoms with Crippen LogP contribution in [0, 0.1) is 12.8 Å². The molecule has 0 aliphatic rings. The van der Waals surface area contributed by atoms with Crippen molar-refractivity contribution in [2.45, 2.75) is 33.2 Å². The molecule has 7 nitrogen and oxygen atoms in total. The van der Waals surface area contributed by atoms with Gasteiger partial charge >= 0.3 is 0 Å². The average Bonchev–Trinajstić information content (AvgIpc) is 2.96. The summed E-state index contributed by atoms with van der Waals surface area (Å²) in [5.41, 5.74) is 0.990. The number of carbonyl (C=O) groups is 1. The third-order valence-corrected chi connectivity index (χ3v) is 3.50. The minimum Gasteiger partial charge on any atom is -0.497 e. The van der Waals surface area contributed by atoms with Gasteiger partial charge in [0, 0.05) is 13.0 Å². The summed E-state index contributed by atoms with van der Waals surface area (Å²) in [7, 11) is 1.62. The van der Waals surface area contributed by atoms with Gasteiger partial charge in [-0.15, -0.1) is 5.10 Å². The van der Waals surface area contributed by atoms with Crippen LogP contribution in [0.25, 0.3) is 0 Å². The van der Waals surface area contributed by atoms with E-state index in [0.717, 1.165) is 11.3 Å². The molecule has 7 heteroatoms. The maximum absolute atomic E-state index is 12.6. The number of aromatic nitrogens is 4. The number of hydrogen-bond acceptors (Lipinski definition) is 5. The van der Waals surface area contributed by atoms with Gasteiger partial charge in [0.2, 0.25) is 5.91 Å². The minimum atomic E-state index is -0.490. The number of rotatable bonds is 7. The van der Waals surface area contributed by atoms with Gasteiger partial charge in [0.15, 0.2) is 0 Å². The van der Waals surface area contributed by atoms with E-state index in [0.29, 0.717) is 24.7 Å². The van der Waals surface area contributed by atoms with E-state index in [2.05, 4.69) is 34.7 Å². The van der Waals surface area contributed by atoms with Crippen LogP contribution in [-0.4, -0.2) is 39.8 Å². The zero-order valence-corrected chi connectivity index (χ0v) is 14.0. The lowest BCUT2D eigenvalue weighted by atomic mass is 10.0. The van der Waals surface area contributed by atoms with Crippen LogP contribution in [0.3, 0.4) is 0 Å². The van der Waals surface area contributed by atoms with Crippen LogP contribution in [0.2, 0.25) is 0 Å². The van der Waals surface area contributed by atoms with E-state index < -0.39 is 6.04 Å². The van der Waals surface area contributed by atoms with Crippen molar-refractivity contribution in [2.24, 2.45) is 5.92 Å². The van der Waals surface area contributed by atoms with Crippen molar-refractivity contribution in [3.63, 3.8) is 0 Å². The highest BCUT2D eigenvalue weighted by molar-refractivity contribution is 5.80. The fourth-order valence-corrected chi connectivity index (χ4v) is 2.26. The van der Waals surface area contributed by atoms with Gasteiger partial charge in [-0.2, -0.15) is 0 Å². The Hall–Kier alpha value is -2.44. The smallest absolute Gasteiger partial charge is 0.245 e. The van der Waals surface area contributed by atoms with Crippen LogP contribution in [-0.2, 0) is 11.2 Å². The summed E-state index contributed by atoms with van der Waals surface area (Å²) in [6.45, 7) is 6.52. The van der Waals surface area contributed by atoms with E-state index in [4.69, 9.17) is 4.74 Å². The number of ether oxygens (including phenoxy) is 1.